The topological polar surface area (TPSA) is 64.1 Å². The molecule has 0 fully saturated rings. The van der Waals surface area contributed by atoms with E-state index in [1.807, 2.05) is 0 Å². The van der Waals surface area contributed by atoms with Crippen LogP contribution < -0.4 is 10.1 Å². The van der Waals surface area contributed by atoms with Crippen LogP contribution in [0.5, 0.6) is 5.75 Å². The Labute approximate surface area is 158 Å². The number of pyridine rings is 1. The Morgan fingerprint density at radius 3 is 2.56 bits per heavy atom. The zero-order valence-electron chi connectivity index (χ0n) is 13.1. The number of aryl methyl sites for hydroxylation is 1. The highest BCUT2D eigenvalue weighted by molar-refractivity contribution is 7.13. The second-order valence-electron chi connectivity index (χ2n) is 5.08. The number of thiazole rings is 1. The van der Waals surface area contributed by atoms with Crippen molar-refractivity contribution in [2.45, 2.75) is 13.5 Å². The normalized spacial score (nSPS) is 10.5. The van der Waals surface area contributed by atoms with Gasteiger partial charge in [0.25, 0.3) is 5.91 Å². The molecule has 0 atom stereocenters. The van der Waals surface area contributed by atoms with Gasteiger partial charge in [-0.15, -0.1) is 11.3 Å². The number of hydrogen-bond donors (Lipinski definition) is 1. The van der Waals surface area contributed by atoms with Gasteiger partial charge in [0.2, 0.25) is 0 Å². The highest BCUT2D eigenvalue weighted by Crippen LogP contribution is 2.22. The number of hydrogen-bond acceptors (Lipinski definition) is 5. The lowest BCUT2D eigenvalue weighted by atomic mass is 10.3. The highest BCUT2D eigenvalue weighted by Gasteiger charge is 2.16. The van der Waals surface area contributed by atoms with Crippen LogP contribution in [0.1, 0.15) is 20.4 Å². The quantitative estimate of drug-likeness (QED) is 0.663. The second-order valence-corrected chi connectivity index (χ2v) is 7.04. The van der Waals surface area contributed by atoms with Gasteiger partial charge in [0.1, 0.15) is 28.1 Å². The molecule has 2 heterocycles. The van der Waals surface area contributed by atoms with E-state index in [4.69, 9.17) is 27.9 Å². The number of aromatic nitrogens is 2. The van der Waals surface area contributed by atoms with Crippen molar-refractivity contribution in [1.29, 1.82) is 0 Å². The molecule has 3 aromatic rings. The molecule has 0 aliphatic rings. The molecule has 1 amide bonds. The fourth-order valence-corrected chi connectivity index (χ4v) is 3.13. The molecule has 1 N–H and O–H groups in total. The highest BCUT2D eigenvalue weighted by atomic mass is 35.5. The van der Waals surface area contributed by atoms with Crippen molar-refractivity contribution in [3.8, 4) is 5.75 Å². The molecule has 1 aromatic carbocycles. The summed E-state index contributed by atoms with van der Waals surface area (Å²) >= 11 is 12.9. The second kappa shape index (κ2) is 7.82. The van der Waals surface area contributed by atoms with Crippen molar-refractivity contribution in [3.63, 3.8) is 0 Å². The summed E-state index contributed by atoms with van der Waals surface area (Å²) in [7, 11) is 0. The number of benzene rings is 1. The third-order valence-corrected chi connectivity index (χ3v) is 4.80. The van der Waals surface area contributed by atoms with Crippen molar-refractivity contribution >= 4 is 46.3 Å². The Bertz CT molecular complexity index is 880. The molecule has 0 saturated carbocycles. The minimum absolute atomic E-state index is 0.262. The molecule has 0 spiro atoms. The van der Waals surface area contributed by atoms with E-state index in [9.17, 15) is 4.79 Å². The molecule has 0 radical (unpaired) electrons. The third-order valence-electron chi connectivity index (χ3n) is 3.19. The van der Waals surface area contributed by atoms with E-state index >= 15 is 0 Å². The maximum absolute atomic E-state index is 12.4. The summed E-state index contributed by atoms with van der Waals surface area (Å²) in [4.78, 5) is 21.3. The van der Waals surface area contributed by atoms with E-state index in [-0.39, 0.29) is 12.5 Å². The maximum atomic E-state index is 12.4. The fraction of sp³-hybridized carbons (Fsp3) is 0.118. The van der Waals surface area contributed by atoms with E-state index in [1.54, 1.807) is 43.3 Å². The van der Waals surface area contributed by atoms with Gasteiger partial charge in [0.05, 0.1) is 10.7 Å². The van der Waals surface area contributed by atoms with E-state index in [0.29, 0.717) is 37.2 Å². The van der Waals surface area contributed by atoms with E-state index in [1.165, 1.54) is 17.5 Å². The lowest BCUT2D eigenvalue weighted by Crippen LogP contribution is -2.12. The molecule has 0 unspecified atom stereocenters. The van der Waals surface area contributed by atoms with Crippen LogP contribution in [0.25, 0.3) is 0 Å². The van der Waals surface area contributed by atoms with Gasteiger partial charge < -0.3 is 10.1 Å². The molecule has 3 rings (SSSR count). The standard InChI is InChI=1S/C17H13Cl2N3O2S/c1-10-16(17(23)22-14-7-4-12(19)8-20-14)25-15(21-10)9-24-13-5-2-11(18)3-6-13/h2-8H,9H2,1H3,(H,20,22,23). The number of rotatable bonds is 5. The van der Waals surface area contributed by atoms with Gasteiger partial charge in [-0.25, -0.2) is 9.97 Å². The van der Waals surface area contributed by atoms with E-state index < -0.39 is 0 Å². The Balaban J connectivity index is 1.65. The monoisotopic (exact) mass is 393 g/mol. The first-order valence-electron chi connectivity index (χ1n) is 7.29. The Morgan fingerprint density at radius 1 is 1.16 bits per heavy atom. The van der Waals surface area contributed by atoms with Gasteiger partial charge in [0, 0.05) is 11.2 Å². The van der Waals surface area contributed by atoms with Crippen LogP contribution >= 0.6 is 34.5 Å². The molecule has 8 heteroatoms. The predicted octanol–water partition coefficient (Wildman–Crippen LogP) is 4.98. The van der Waals surface area contributed by atoms with Gasteiger partial charge in [-0.2, -0.15) is 0 Å². The molecule has 0 aliphatic carbocycles. The first kappa shape index (κ1) is 17.7. The lowest BCUT2D eigenvalue weighted by molar-refractivity contribution is 0.102. The predicted molar refractivity (Wildman–Crippen MR) is 99.8 cm³/mol. The summed E-state index contributed by atoms with van der Waals surface area (Å²) in [6.07, 6.45) is 1.47. The summed E-state index contributed by atoms with van der Waals surface area (Å²) < 4.78 is 5.66. The van der Waals surface area contributed by atoms with Gasteiger partial charge in [-0.3, -0.25) is 4.79 Å². The van der Waals surface area contributed by atoms with Crippen LogP contribution in [-0.4, -0.2) is 15.9 Å². The van der Waals surface area contributed by atoms with Crippen LogP contribution in [0, 0.1) is 6.92 Å². The number of halogens is 2. The van der Waals surface area contributed by atoms with Crippen LogP contribution in [0.2, 0.25) is 10.0 Å². The molecular formula is C17H13Cl2N3O2S. The number of anilines is 1. The molecule has 0 bridgehead atoms. The first-order chi connectivity index (χ1) is 12.0. The molecular weight excluding hydrogens is 381 g/mol. The van der Waals surface area contributed by atoms with Crippen molar-refractivity contribution in [3.05, 3.63) is 68.2 Å². The fourth-order valence-electron chi connectivity index (χ4n) is 2.02. The van der Waals surface area contributed by atoms with Crippen LogP contribution in [-0.2, 0) is 6.61 Å². The molecule has 128 valence electrons. The minimum Gasteiger partial charge on any atom is -0.486 e. The van der Waals surface area contributed by atoms with Gasteiger partial charge in [0.15, 0.2) is 0 Å². The van der Waals surface area contributed by atoms with Gasteiger partial charge in [-0.05, 0) is 43.3 Å². The number of amides is 1. The SMILES string of the molecule is Cc1nc(COc2ccc(Cl)cc2)sc1C(=O)Nc1ccc(Cl)cn1. The number of nitrogens with one attached hydrogen (secondary N) is 1. The van der Waals surface area contributed by atoms with Gasteiger partial charge in [-0.1, -0.05) is 23.2 Å². The summed E-state index contributed by atoms with van der Waals surface area (Å²) in [5.74, 6) is 0.859. The van der Waals surface area contributed by atoms with Crippen molar-refractivity contribution in [2.75, 3.05) is 5.32 Å². The maximum Gasteiger partial charge on any atom is 0.268 e. The molecule has 2 aromatic heterocycles. The average molecular weight is 394 g/mol. The molecule has 5 nitrogen and oxygen atoms in total. The largest absolute Gasteiger partial charge is 0.486 e. The number of nitrogens with zero attached hydrogens (tertiary/aromatic N) is 2. The van der Waals surface area contributed by atoms with E-state index in [2.05, 4.69) is 15.3 Å². The zero-order chi connectivity index (χ0) is 17.8. The molecule has 0 saturated heterocycles. The van der Waals surface area contributed by atoms with Crippen LogP contribution in [0.4, 0.5) is 5.82 Å². The van der Waals surface area contributed by atoms with Crippen molar-refractivity contribution in [2.24, 2.45) is 0 Å². The Morgan fingerprint density at radius 2 is 1.88 bits per heavy atom. The first-order valence-corrected chi connectivity index (χ1v) is 8.86. The number of carbonyl (C=O) groups excluding carboxylic acids is 1. The van der Waals surface area contributed by atoms with Crippen molar-refractivity contribution < 1.29 is 9.53 Å². The van der Waals surface area contributed by atoms with Crippen molar-refractivity contribution in [1.82, 2.24) is 9.97 Å². The van der Waals surface area contributed by atoms with Gasteiger partial charge >= 0.3 is 0 Å². The zero-order valence-corrected chi connectivity index (χ0v) is 15.5. The Hall–Kier alpha value is -2.15. The van der Waals surface area contributed by atoms with Crippen LogP contribution in [0.3, 0.4) is 0 Å². The Kier molecular flexibility index (Phi) is 5.53. The molecule has 25 heavy (non-hydrogen) atoms. The van der Waals surface area contributed by atoms with E-state index in [0.717, 1.165) is 0 Å². The molecule has 0 aliphatic heterocycles. The minimum atomic E-state index is -0.262. The lowest BCUT2D eigenvalue weighted by Gasteiger charge is -2.03. The summed E-state index contributed by atoms with van der Waals surface area (Å²) in [6, 6.07) is 10.4. The summed E-state index contributed by atoms with van der Waals surface area (Å²) in [5.41, 5.74) is 0.645. The smallest absolute Gasteiger partial charge is 0.268 e. The van der Waals surface area contributed by atoms with Crippen LogP contribution in [0.15, 0.2) is 42.6 Å². The number of ether oxygens (including phenoxy) is 1. The summed E-state index contributed by atoms with van der Waals surface area (Å²) in [6.45, 7) is 2.06. The average Bonchev–Trinajstić information content (AvgIpc) is 2.97. The number of carbonyl (C=O) groups is 1. The third kappa shape index (κ3) is 4.69. The summed E-state index contributed by atoms with van der Waals surface area (Å²) in [5, 5.41) is 4.59.